The summed E-state index contributed by atoms with van der Waals surface area (Å²) in [6.45, 7) is 4.41. The second kappa shape index (κ2) is 7.51. The van der Waals surface area contributed by atoms with Crippen LogP contribution in [0.2, 0.25) is 5.02 Å². The number of rotatable bonds is 4. The van der Waals surface area contributed by atoms with Crippen molar-refractivity contribution in [1.29, 1.82) is 0 Å². The van der Waals surface area contributed by atoms with E-state index >= 15 is 0 Å². The minimum Gasteiger partial charge on any atom is -0.383 e. The molecule has 4 unspecified atom stereocenters. The molecule has 3 amide bonds. The van der Waals surface area contributed by atoms with Gasteiger partial charge in [0.25, 0.3) is 5.91 Å². The summed E-state index contributed by atoms with van der Waals surface area (Å²) in [6, 6.07) is 7.02. The zero-order valence-electron chi connectivity index (χ0n) is 16.3. The number of fused-ring (bicyclic) bond motifs is 3. The maximum atomic E-state index is 13.2. The number of benzene rings is 1. The number of carbonyl (C=O) groups is 2. The van der Waals surface area contributed by atoms with Crippen molar-refractivity contribution in [2.75, 3.05) is 45.3 Å². The van der Waals surface area contributed by atoms with Gasteiger partial charge in [-0.2, -0.15) is 0 Å². The van der Waals surface area contributed by atoms with Gasteiger partial charge in [0.05, 0.1) is 13.2 Å². The van der Waals surface area contributed by atoms with Crippen molar-refractivity contribution < 1.29 is 14.3 Å². The quantitative estimate of drug-likeness (QED) is 0.809. The molecule has 0 bridgehead atoms. The number of ether oxygens (including phenoxy) is 1. The van der Waals surface area contributed by atoms with E-state index in [4.69, 9.17) is 16.3 Å². The van der Waals surface area contributed by atoms with Crippen LogP contribution in [0.15, 0.2) is 24.3 Å². The molecule has 0 aromatic heterocycles. The fourth-order valence-electron chi connectivity index (χ4n) is 4.44. The first kappa shape index (κ1) is 19.4. The third kappa shape index (κ3) is 3.14. The predicted octanol–water partition coefficient (Wildman–Crippen LogP) is 1.22. The second-order valence-electron chi connectivity index (χ2n) is 7.74. The van der Waals surface area contributed by atoms with Gasteiger partial charge in [0, 0.05) is 38.0 Å². The summed E-state index contributed by atoms with van der Waals surface area (Å²) in [5, 5.41) is 4.20. The molecule has 3 heterocycles. The van der Waals surface area contributed by atoms with Crippen LogP contribution in [0, 0.1) is 5.92 Å². The number of hydrogen-bond acceptors (Lipinski definition) is 6. The molecule has 3 saturated heterocycles. The molecule has 4 atom stereocenters. The molecule has 3 aliphatic heterocycles. The predicted molar refractivity (Wildman–Crippen MR) is 106 cm³/mol. The molecule has 28 heavy (non-hydrogen) atoms. The molecule has 4 rings (SSSR count). The van der Waals surface area contributed by atoms with Crippen LogP contribution >= 0.6 is 11.6 Å². The Morgan fingerprint density at radius 1 is 1.21 bits per heavy atom. The van der Waals surface area contributed by atoms with Gasteiger partial charge in [0.2, 0.25) is 0 Å². The van der Waals surface area contributed by atoms with E-state index in [9.17, 15) is 9.59 Å². The van der Waals surface area contributed by atoms with Crippen LogP contribution in [0.25, 0.3) is 0 Å². The molecule has 3 fully saturated rings. The lowest BCUT2D eigenvalue weighted by Crippen LogP contribution is -2.67. The SMILES string of the molecule is COCCN1C(=O)C2C(NC3N(c4ccc(Cl)cc4)CC(C)CN23)N(C)C1=O. The van der Waals surface area contributed by atoms with Crippen LogP contribution in [0.1, 0.15) is 6.92 Å². The van der Waals surface area contributed by atoms with Gasteiger partial charge >= 0.3 is 6.03 Å². The number of methoxy groups -OCH3 is 1. The minimum absolute atomic E-state index is 0.158. The van der Waals surface area contributed by atoms with E-state index in [1.165, 1.54) is 4.90 Å². The number of amides is 3. The Labute approximate surface area is 169 Å². The number of nitrogens with one attached hydrogen (secondary N) is 1. The highest BCUT2D eigenvalue weighted by atomic mass is 35.5. The Balaban J connectivity index is 1.65. The largest absolute Gasteiger partial charge is 0.383 e. The van der Waals surface area contributed by atoms with E-state index in [1.54, 1.807) is 19.1 Å². The van der Waals surface area contributed by atoms with Crippen LogP contribution in [0.4, 0.5) is 10.5 Å². The Bertz CT molecular complexity index is 760. The van der Waals surface area contributed by atoms with Crippen LogP contribution < -0.4 is 10.2 Å². The molecule has 1 N–H and O–H groups in total. The average molecular weight is 408 g/mol. The highest BCUT2D eigenvalue weighted by molar-refractivity contribution is 6.30. The normalized spacial score (nSPS) is 30.6. The van der Waals surface area contributed by atoms with Gasteiger partial charge in [0.1, 0.15) is 18.5 Å². The number of urea groups is 1. The Hall–Kier alpha value is -1.87. The van der Waals surface area contributed by atoms with E-state index in [0.29, 0.717) is 17.5 Å². The average Bonchev–Trinajstić information content (AvgIpc) is 3.06. The van der Waals surface area contributed by atoms with Gasteiger partial charge in [-0.3, -0.25) is 19.9 Å². The van der Waals surface area contributed by atoms with Crippen LogP contribution in [-0.4, -0.2) is 85.5 Å². The summed E-state index contributed by atoms with van der Waals surface area (Å²) in [5.41, 5.74) is 1.04. The van der Waals surface area contributed by atoms with Gasteiger partial charge in [-0.15, -0.1) is 0 Å². The molecular formula is C19H26ClN5O3. The number of hydrogen-bond donors (Lipinski definition) is 1. The Kier molecular flexibility index (Phi) is 5.22. The van der Waals surface area contributed by atoms with Crippen molar-refractivity contribution in [1.82, 2.24) is 20.0 Å². The highest BCUT2D eigenvalue weighted by Crippen LogP contribution is 2.34. The molecule has 0 aliphatic carbocycles. The summed E-state index contributed by atoms with van der Waals surface area (Å²) in [4.78, 5) is 33.3. The van der Waals surface area contributed by atoms with Crippen molar-refractivity contribution in [2.24, 2.45) is 5.92 Å². The van der Waals surface area contributed by atoms with Crippen LogP contribution in [0.3, 0.4) is 0 Å². The molecule has 0 spiro atoms. The van der Waals surface area contributed by atoms with E-state index < -0.39 is 6.04 Å². The van der Waals surface area contributed by atoms with E-state index in [1.807, 2.05) is 24.3 Å². The van der Waals surface area contributed by atoms with Crippen LogP contribution in [0.5, 0.6) is 0 Å². The number of anilines is 1. The third-order valence-electron chi connectivity index (χ3n) is 5.76. The van der Waals surface area contributed by atoms with Crippen LogP contribution in [-0.2, 0) is 9.53 Å². The molecule has 9 heteroatoms. The monoisotopic (exact) mass is 407 g/mol. The van der Waals surface area contributed by atoms with E-state index in [2.05, 4.69) is 22.0 Å². The summed E-state index contributed by atoms with van der Waals surface area (Å²) in [6.07, 6.45) is -0.516. The maximum Gasteiger partial charge on any atom is 0.327 e. The number of likely N-dealkylation sites (N-methyl/N-ethyl adjacent to an activating group) is 1. The van der Waals surface area contributed by atoms with Gasteiger partial charge < -0.3 is 14.5 Å². The van der Waals surface area contributed by atoms with Crippen molar-refractivity contribution in [3.05, 3.63) is 29.3 Å². The number of imide groups is 1. The zero-order chi connectivity index (χ0) is 20.0. The Morgan fingerprint density at radius 2 is 1.93 bits per heavy atom. The number of carbonyl (C=O) groups excluding carboxylic acids is 2. The first-order valence-corrected chi connectivity index (χ1v) is 9.91. The molecule has 8 nitrogen and oxygen atoms in total. The standard InChI is InChI=1S/C19H26ClN5O3/c1-12-10-24(14-6-4-13(20)5-7-14)18-21-16-15(25(18)11-12)17(26)23(8-9-28-3)19(27)22(16)2/h4-7,12,15-16,18,21H,8-11H2,1-3H3. The number of halogens is 1. The van der Waals surface area contributed by atoms with Gasteiger partial charge in [-0.1, -0.05) is 18.5 Å². The first-order valence-electron chi connectivity index (χ1n) is 9.53. The summed E-state index contributed by atoms with van der Waals surface area (Å²) in [5.74, 6) is 0.209. The van der Waals surface area contributed by atoms with Crippen molar-refractivity contribution in [3.8, 4) is 0 Å². The summed E-state index contributed by atoms with van der Waals surface area (Å²) >= 11 is 6.05. The lowest BCUT2D eigenvalue weighted by atomic mass is 10.0. The zero-order valence-corrected chi connectivity index (χ0v) is 17.1. The molecule has 0 radical (unpaired) electrons. The fourth-order valence-corrected chi connectivity index (χ4v) is 4.57. The fraction of sp³-hybridized carbons (Fsp3) is 0.579. The molecule has 1 aromatic carbocycles. The summed E-state index contributed by atoms with van der Waals surface area (Å²) < 4.78 is 5.08. The topological polar surface area (TPSA) is 68.4 Å². The molecule has 152 valence electrons. The van der Waals surface area contributed by atoms with Crippen molar-refractivity contribution >= 4 is 29.2 Å². The smallest absolute Gasteiger partial charge is 0.327 e. The maximum absolute atomic E-state index is 13.2. The number of nitrogens with zero attached hydrogens (tertiary/aromatic N) is 4. The van der Waals surface area contributed by atoms with Crippen molar-refractivity contribution in [3.63, 3.8) is 0 Å². The molecule has 3 aliphatic rings. The first-order chi connectivity index (χ1) is 13.4. The van der Waals surface area contributed by atoms with E-state index in [0.717, 1.165) is 18.8 Å². The summed E-state index contributed by atoms with van der Waals surface area (Å²) in [7, 11) is 3.31. The molecular weight excluding hydrogens is 382 g/mol. The highest BCUT2D eigenvalue weighted by Gasteiger charge is 2.56. The minimum atomic E-state index is -0.415. The third-order valence-corrected chi connectivity index (χ3v) is 6.01. The lowest BCUT2D eigenvalue weighted by molar-refractivity contribution is -0.139. The lowest BCUT2D eigenvalue weighted by Gasteiger charge is -2.46. The Morgan fingerprint density at radius 3 is 2.61 bits per heavy atom. The molecule has 1 aromatic rings. The second-order valence-corrected chi connectivity index (χ2v) is 8.17. The van der Waals surface area contributed by atoms with Gasteiger partial charge in [-0.25, -0.2) is 4.79 Å². The van der Waals surface area contributed by atoms with Gasteiger partial charge in [0.15, 0.2) is 0 Å². The molecule has 0 saturated carbocycles. The van der Waals surface area contributed by atoms with E-state index in [-0.39, 0.29) is 30.9 Å². The van der Waals surface area contributed by atoms with Crippen molar-refractivity contribution in [2.45, 2.75) is 25.4 Å². The van der Waals surface area contributed by atoms with Gasteiger partial charge in [-0.05, 0) is 30.2 Å².